The van der Waals surface area contributed by atoms with Crippen molar-refractivity contribution in [1.29, 1.82) is 0 Å². The van der Waals surface area contributed by atoms with Gasteiger partial charge < -0.3 is 14.6 Å². The van der Waals surface area contributed by atoms with E-state index in [0.29, 0.717) is 6.42 Å². The van der Waals surface area contributed by atoms with Gasteiger partial charge in [-0.1, -0.05) is 20.8 Å². The van der Waals surface area contributed by atoms with Gasteiger partial charge in [-0.25, -0.2) is 9.59 Å². The van der Waals surface area contributed by atoms with E-state index < -0.39 is 29.1 Å². The molecule has 0 aromatic carbocycles. The lowest BCUT2D eigenvalue weighted by molar-refractivity contribution is -0.222. The van der Waals surface area contributed by atoms with Crippen molar-refractivity contribution in [3.05, 3.63) is 11.3 Å². The number of hydrogen-bond acceptors (Lipinski definition) is 7. The third-order valence-corrected chi connectivity index (χ3v) is 2.29. The van der Waals surface area contributed by atoms with Gasteiger partial charge in [0.15, 0.2) is 5.57 Å². The van der Waals surface area contributed by atoms with Crippen LogP contribution in [0.2, 0.25) is 0 Å². The third kappa shape index (κ3) is 9.44. The first-order valence-electron chi connectivity index (χ1n) is 7.37. The first-order valence-corrected chi connectivity index (χ1v) is 7.37. The normalized spacial score (nSPS) is 15.0. The predicted octanol–water partition coefficient (Wildman–Crippen LogP) is 2.63. The van der Waals surface area contributed by atoms with Crippen LogP contribution in [0.4, 0.5) is 0 Å². The van der Waals surface area contributed by atoms with Crippen molar-refractivity contribution in [2.45, 2.75) is 67.1 Å². The average molecular weight is 330 g/mol. The Morgan fingerprint density at radius 2 is 1.43 bits per heavy atom. The van der Waals surface area contributed by atoms with Gasteiger partial charge in [0.2, 0.25) is 0 Å². The van der Waals surface area contributed by atoms with E-state index in [1.807, 2.05) is 13.8 Å². The van der Waals surface area contributed by atoms with Crippen molar-refractivity contribution in [1.82, 2.24) is 0 Å². The van der Waals surface area contributed by atoms with Crippen LogP contribution in [-0.4, -0.2) is 34.4 Å². The molecule has 1 N–H and O–H groups in total. The van der Waals surface area contributed by atoms with E-state index in [-0.39, 0.29) is 18.0 Å². The fourth-order valence-corrected chi connectivity index (χ4v) is 1.35. The lowest BCUT2D eigenvalue weighted by Crippen LogP contribution is -2.42. The average Bonchev–Trinajstić information content (AvgIpc) is 2.37. The molecular formula is C16H26O7. The molecule has 0 spiro atoms. The SMILES string of the molecule is CC.CC(O)=C1C(=O)OC(C)(C)OC1=O.CCC(=O)CC(C)=O. The molecule has 0 aromatic rings. The molecule has 7 heteroatoms. The van der Waals surface area contributed by atoms with E-state index >= 15 is 0 Å². The highest BCUT2D eigenvalue weighted by atomic mass is 16.7. The topological polar surface area (TPSA) is 107 Å². The Kier molecular flexibility index (Phi) is 10.6. The van der Waals surface area contributed by atoms with Gasteiger partial charge in [0, 0.05) is 20.3 Å². The summed E-state index contributed by atoms with van der Waals surface area (Å²) in [4.78, 5) is 42.8. The summed E-state index contributed by atoms with van der Waals surface area (Å²) >= 11 is 0. The minimum atomic E-state index is -1.26. The summed E-state index contributed by atoms with van der Waals surface area (Å²) in [6, 6.07) is 0. The second-order valence-electron chi connectivity index (χ2n) is 4.91. The van der Waals surface area contributed by atoms with Crippen LogP contribution in [0.1, 0.15) is 61.3 Å². The molecule has 23 heavy (non-hydrogen) atoms. The first-order chi connectivity index (χ1) is 10.5. The molecule has 132 valence electrons. The van der Waals surface area contributed by atoms with Crippen molar-refractivity contribution >= 4 is 23.5 Å². The van der Waals surface area contributed by atoms with Crippen molar-refractivity contribution < 1.29 is 33.8 Å². The standard InChI is InChI=1S/C8H10O5.C6H10O2.C2H6/c1-4(9)5-6(10)12-8(2,3)13-7(5)11;1-3-6(8)4-5(2)7;1-2/h9H,1-3H3;3-4H2,1-2H3;1-2H3. The smallest absolute Gasteiger partial charge is 0.352 e. The van der Waals surface area contributed by atoms with Gasteiger partial charge in [0.1, 0.15) is 17.3 Å². The van der Waals surface area contributed by atoms with Gasteiger partial charge in [-0.05, 0) is 13.8 Å². The van der Waals surface area contributed by atoms with Crippen molar-refractivity contribution in [3.8, 4) is 0 Å². The molecule has 0 aromatic heterocycles. The number of hydrogen-bond donors (Lipinski definition) is 1. The van der Waals surface area contributed by atoms with Gasteiger partial charge in [0.05, 0.1) is 6.42 Å². The van der Waals surface area contributed by atoms with Crippen LogP contribution < -0.4 is 0 Å². The number of rotatable bonds is 3. The minimum Gasteiger partial charge on any atom is -0.511 e. The predicted molar refractivity (Wildman–Crippen MR) is 83.5 cm³/mol. The highest BCUT2D eigenvalue weighted by Crippen LogP contribution is 2.23. The lowest BCUT2D eigenvalue weighted by Gasteiger charge is -2.29. The zero-order valence-corrected chi connectivity index (χ0v) is 14.8. The third-order valence-electron chi connectivity index (χ3n) is 2.29. The quantitative estimate of drug-likeness (QED) is 0.279. The summed E-state index contributed by atoms with van der Waals surface area (Å²) in [6.07, 6.45) is 0.579. The van der Waals surface area contributed by atoms with Gasteiger partial charge in [-0.2, -0.15) is 0 Å². The molecule has 1 aliphatic heterocycles. The maximum absolute atomic E-state index is 11.1. The second kappa shape index (κ2) is 10.5. The number of ketones is 2. The van der Waals surface area contributed by atoms with Crippen LogP contribution in [0.5, 0.6) is 0 Å². The van der Waals surface area contributed by atoms with Crippen LogP contribution >= 0.6 is 0 Å². The van der Waals surface area contributed by atoms with Crippen molar-refractivity contribution in [2.75, 3.05) is 0 Å². The van der Waals surface area contributed by atoms with Crippen molar-refractivity contribution in [2.24, 2.45) is 0 Å². The molecule has 1 saturated heterocycles. The molecule has 1 aliphatic rings. The molecule has 1 rings (SSSR count). The first kappa shape index (κ1) is 23.1. The highest BCUT2D eigenvalue weighted by Gasteiger charge is 2.40. The number of aliphatic hydroxyl groups excluding tert-OH is 1. The molecule has 0 saturated carbocycles. The highest BCUT2D eigenvalue weighted by molar-refractivity contribution is 6.15. The number of carbonyl (C=O) groups excluding carboxylic acids is 4. The molecule has 0 unspecified atom stereocenters. The van der Waals surface area contributed by atoms with Crippen LogP contribution in [0.15, 0.2) is 11.3 Å². The molecule has 0 amide bonds. The van der Waals surface area contributed by atoms with E-state index in [0.717, 1.165) is 0 Å². The van der Waals surface area contributed by atoms with E-state index in [1.165, 1.54) is 27.7 Å². The fourth-order valence-electron chi connectivity index (χ4n) is 1.35. The van der Waals surface area contributed by atoms with E-state index in [9.17, 15) is 19.2 Å². The summed E-state index contributed by atoms with van der Waals surface area (Å²) < 4.78 is 9.44. The van der Waals surface area contributed by atoms with Crippen molar-refractivity contribution in [3.63, 3.8) is 0 Å². The molecule has 0 aliphatic carbocycles. The molecule has 1 heterocycles. The van der Waals surface area contributed by atoms with Gasteiger partial charge in [0.25, 0.3) is 5.79 Å². The minimum absolute atomic E-state index is 0.0255. The number of allylic oxidation sites excluding steroid dienone is 1. The Morgan fingerprint density at radius 3 is 1.65 bits per heavy atom. The number of Topliss-reactive ketones (excluding diaryl/α,β-unsaturated/α-hetero) is 2. The molecule has 0 radical (unpaired) electrons. The zero-order chi connectivity index (χ0) is 18.8. The van der Waals surface area contributed by atoms with E-state index in [4.69, 9.17) is 14.6 Å². The number of aliphatic hydroxyl groups is 1. The number of cyclic esters (lactones) is 2. The molecule has 7 nitrogen and oxygen atoms in total. The van der Waals surface area contributed by atoms with Crippen LogP contribution in [-0.2, 0) is 28.7 Å². The summed E-state index contributed by atoms with van der Waals surface area (Å²) in [7, 11) is 0. The van der Waals surface area contributed by atoms with Gasteiger partial charge in [-0.15, -0.1) is 0 Å². The van der Waals surface area contributed by atoms with E-state index in [2.05, 4.69) is 0 Å². The Labute approximate surface area is 136 Å². The summed E-state index contributed by atoms with van der Waals surface area (Å²) in [5, 5.41) is 8.97. The largest absolute Gasteiger partial charge is 0.511 e. The number of esters is 2. The van der Waals surface area contributed by atoms with Crippen LogP contribution in [0.3, 0.4) is 0 Å². The molecule has 1 fully saturated rings. The lowest BCUT2D eigenvalue weighted by atomic mass is 10.2. The molecule has 0 bridgehead atoms. The Bertz CT molecular complexity index is 461. The maximum Gasteiger partial charge on any atom is 0.352 e. The second-order valence-corrected chi connectivity index (χ2v) is 4.91. The maximum atomic E-state index is 11.1. The number of ether oxygens (including phenoxy) is 2. The monoisotopic (exact) mass is 330 g/mol. The Balaban J connectivity index is 0. The molecular weight excluding hydrogens is 304 g/mol. The fraction of sp³-hybridized carbons (Fsp3) is 0.625. The Hall–Kier alpha value is -2.18. The van der Waals surface area contributed by atoms with Crippen LogP contribution in [0, 0.1) is 0 Å². The van der Waals surface area contributed by atoms with Gasteiger partial charge >= 0.3 is 11.9 Å². The number of carbonyl (C=O) groups is 4. The zero-order valence-electron chi connectivity index (χ0n) is 14.8. The summed E-state index contributed by atoms with van der Waals surface area (Å²) in [5.74, 6) is -3.39. The summed E-state index contributed by atoms with van der Waals surface area (Å²) in [5.41, 5.74) is -0.445. The van der Waals surface area contributed by atoms with Crippen LogP contribution in [0.25, 0.3) is 0 Å². The summed E-state index contributed by atoms with van der Waals surface area (Å²) in [6.45, 7) is 11.3. The van der Waals surface area contributed by atoms with Gasteiger partial charge in [-0.3, -0.25) is 9.59 Å². The Morgan fingerprint density at radius 1 is 1.04 bits per heavy atom. The van der Waals surface area contributed by atoms with E-state index in [1.54, 1.807) is 6.92 Å². The molecule has 0 atom stereocenters.